The second kappa shape index (κ2) is 4.73. The molecule has 0 amide bonds. The van der Waals surface area contributed by atoms with Crippen molar-refractivity contribution in [1.82, 2.24) is 0 Å². The van der Waals surface area contributed by atoms with Gasteiger partial charge in [0.25, 0.3) is 0 Å². The second-order valence-corrected chi connectivity index (χ2v) is 5.13. The van der Waals surface area contributed by atoms with Crippen LogP contribution in [0.25, 0.3) is 0 Å². The molecular formula is C15H17FO2. The molecule has 2 nitrogen and oxygen atoms in total. The van der Waals surface area contributed by atoms with Gasteiger partial charge in [0.15, 0.2) is 0 Å². The smallest absolute Gasteiger partial charge is 0.125 e. The summed E-state index contributed by atoms with van der Waals surface area (Å²) in [7, 11) is 0. The van der Waals surface area contributed by atoms with Crippen molar-refractivity contribution >= 4 is 0 Å². The third-order valence-corrected chi connectivity index (χ3v) is 3.90. The van der Waals surface area contributed by atoms with Crippen molar-refractivity contribution in [3.05, 3.63) is 41.7 Å². The van der Waals surface area contributed by atoms with E-state index >= 15 is 0 Å². The first kappa shape index (κ1) is 11.7. The van der Waals surface area contributed by atoms with Gasteiger partial charge in [0.05, 0.1) is 6.10 Å². The summed E-state index contributed by atoms with van der Waals surface area (Å²) in [5, 5.41) is 10.1. The van der Waals surface area contributed by atoms with Crippen LogP contribution in [0.15, 0.2) is 30.4 Å². The number of hydrogen-bond acceptors (Lipinski definition) is 2. The number of halogens is 1. The normalized spacial score (nSPS) is 30.7. The van der Waals surface area contributed by atoms with Crippen molar-refractivity contribution in [1.29, 1.82) is 0 Å². The number of ether oxygens (including phenoxy) is 1. The van der Waals surface area contributed by atoms with Crippen LogP contribution in [0.4, 0.5) is 4.39 Å². The van der Waals surface area contributed by atoms with Crippen LogP contribution < -0.4 is 4.74 Å². The molecule has 96 valence electrons. The summed E-state index contributed by atoms with van der Waals surface area (Å²) in [6, 6.07) is 4.38. The lowest BCUT2D eigenvalue weighted by atomic mass is 9.84. The molecule has 0 bridgehead atoms. The monoisotopic (exact) mass is 248 g/mol. The number of fused-ring (bicyclic) bond motifs is 1. The zero-order valence-electron chi connectivity index (χ0n) is 10.2. The van der Waals surface area contributed by atoms with Gasteiger partial charge in [-0.25, -0.2) is 4.39 Å². The highest BCUT2D eigenvalue weighted by molar-refractivity contribution is 5.37. The van der Waals surface area contributed by atoms with E-state index in [0.717, 1.165) is 19.3 Å². The minimum Gasteiger partial charge on any atom is -0.490 e. The summed E-state index contributed by atoms with van der Waals surface area (Å²) in [5.41, 5.74) is 0.581. The Kier molecular flexibility index (Phi) is 3.08. The third-order valence-electron chi connectivity index (χ3n) is 3.90. The van der Waals surface area contributed by atoms with Gasteiger partial charge >= 0.3 is 0 Å². The number of hydrogen-bond donors (Lipinski definition) is 1. The van der Waals surface area contributed by atoms with Crippen LogP contribution in [0, 0.1) is 11.7 Å². The molecule has 1 N–H and O–H groups in total. The number of rotatable bonds is 1. The summed E-state index contributed by atoms with van der Waals surface area (Å²) in [5.74, 6) is 0.771. The minimum atomic E-state index is -0.611. The van der Waals surface area contributed by atoms with E-state index in [2.05, 4.69) is 12.2 Å². The molecule has 0 saturated carbocycles. The first-order valence-corrected chi connectivity index (χ1v) is 6.53. The topological polar surface area (TPSA) is 29.5 Å². The van der Waals surface area contributed by atoms with Gasteiger partial charge in [0, 0.05) is 12.0 Å². The lowest BCUT2D eigenvalue weighted by Gasteiger charge is -2.35. The Morgan fingerprint density at radius 3 is 2.94 bits per heavy atom. The molecule has 0 saturated heterocycles. The predicted molar refractivity (Wildman–Crippen MR) is 66.9 cm³/mol. The Morgan fingerprint density at radius 1 is 1.28 bits per heavy atom. The molecule has 0 spiro atoms. The van der Waals surface area contributed by atoms with E-state index in [1.807, 2.05) is 0 Å². The highest BCUT2D eigenvalue weighted by Gasteiger charge is 2.32. The van der Waals surface area contributed by atoms with E-state index in [0.29, 0.717) is 23.7 Å². The molecule has 1 aliphatic carbocycles. The number of benzene rings is 1. The van der Waals surface area contributed by atoms with Crippen LogP contribution in [0.5, 0.6) is 5.75 Å². The van der Waals surface area contributed by atoms with Crippen LogP contribution in [-0.4, -0.2) is 11.2 Å². The van der Waals surface area contributed by atoms with Crippen LogP contribution in [-0.2, 0) is 0 Å². The molecule has 0 aromatic heterocycles. The molecule has 0 radical (unpaired) electrons. The molecule has 3 atom stereocenters. The molecule has 2 aliphatic rings. The first-order valence-electron chi connectivity index (χ1n) is 6.53. The van der Waals surface area contributed by atoms with Crippen LogP contribution >= 0.6 is 0 Å². The third kappa shape index (κ3) is 2.15. The average molecular weight is 248 g/mol. The Labute approximate surface area is 106 Å². The average Bonchev–Trinajstić information content (AvgIpc) is 2.40. The summed E-state index contributed by atoms with van der Waals surface area (Å²) >= 11 is 0. The van der Waals surface area contributed by atoms with E-state index in [1.165, 1.54) is 12.1 Å². The molecule has 1 aliphatic heterocycles. The minimum absolute atomic E-state index is 0.0444. The van der Waals surface area contributed by atoms with Crippen molar-refractivity contribution in [3.63, 3.8) is 0 Å². The fourth-order valence-corrected chi connectivity index (χ4v) is 2.89. The Bertz CT molecular complexity index is 470. The summed E-state index contributed by atoms with van der Waals surface area (Å²) in [6.45, 7) is 0. The van der Waals surface area contributed by atoms with Gasteiger partial charge in [0.1, 0.15) is 17.7 Å². The van der Waals surface area contributed by atoms with Crippen molar-refractivity contribution in [3.8, 4) is 5.75 Å². The van der Waals surface area contributed by atoms with Gasteiger partial charge in [-0.05, 0) is 43.4 Å². The molecule has 3 heteroatoms. The molecule has 1 aromatic rings. The summed E-state index contributed by atoms with van der Waals surface area (Å²) < 4.78 is 19.1. The molecular weight excluding hydrogens is 231 g/mol. The largest absolute Gasteiger partial charge is 0.490 e. The van der Waals surface area contributed by atoms with E-state index in [4.69, 9.17) is 4.74 Å². The zero-order chi connectivity index (χ0) is 12.5. The number of aliphatic hydroxyl groups is 1. The molecule has 18 heavy (non-hydrogen) atoms. The van der Waals surface area contributed by atoms with Crippen molar-refractivity contribution < 1.29 is 14.2 Å². The van der Waals surface area contributed by atoms with Gasteiger partial charge in [-0.1, -0.05) is 12.2 Å². The predicted octanol–water partition coefficient (Wildman–Crippen LogP) is 3.37. The van der Waals surface area contributed by atoms with Crippen LogP contribution in [0.1, 0.15) is 37.4 Å². The lowest BCUT2D eigenvalue weighted by Crippen LogP contribution is -2.33. The van der Waals surface area contributed by atoms with E-state index in [9.17, 15) is 9.50 Å². The molecule has 1 heterocycles. The number of aliphatic hydroxyl groups excluding tert-OH is 1. The van der Waals surface area contributed by atoms with Gasteiger partial charge in [0.2, 0.25) is 0 Å². The van der Waals surface area contributed by atoms with Gasteiger partial charge < -0.3 is 9.84 Å². The van der Waals surface area contributed by atoms with E-state index in [1.54, 1.807) is 6.07 Å². The van der Waals surface area contributed by atoms with Gasteiger partial charge in [-0.2, -0.15) is 0 Å². The maximum atomic E-state index is 13.1. The highest BCUT2D eigenvalue weighted by atomic mass is 19.1. The van der Waals surface area contributed by atoms with Crippen LogP contribution in [0.3, 0.4) is 0 Å². The molecule has 2 unspecified atom stereocenters. The van der Waals surface area contributed by atoms with E-state index in [-0.39, 0.29) is 11.9 Å². The standard InChI is InChI=1S/C15H17FO2/c16-11-6-7-14-12(8-11)13(17)9-15(18-14)10-4-2-1-3-5-10/h1-2,6-8,10,13,15,17H,3-5,9H2/t10?,13-,15?/m0/s1. The van der Waals surface area contributed by atoms with Crippen molar-refractivity contribution in [2.45, 2.75) is 37.9 Å². The fourth-order valence-electron chi connectivity index (χ4n) is 2.89. The Morgan fingerprint density at radius 2 is 2.17 bits per heavy atom. The van der Waals surface area contributed by atoms with Crippen LogP contribution in [0.2, 0.25) is 0 Å². The van der Waals surface area contributed by atoms with Crippen molar-refractivity contribution in [2.75, 3.05) is 0 Å². The summed E-state index contributed by atoms with van der Waals surface area (Å²) in [4.78, 5) is 0. The lowest BCUT2D eigenvalue weighted by molar-refractivity contribution is 0.0311. The maximum Gasteiger partial charge on any atom is 0.125 e. The molecule has 3 rings (SSSR count). The van der Waals surface area contributed by atoms with Crippen molar-refractivity contribution in [2.24, 2.45) is 5.92 Å². The quantitative estimate of drug-likeness (QED) is 0.772. The highest BCUT2D eigenvalue weighted by Crippen LogP contribution is 2.39. The van der Waals surface area contributed by atoms with Gasteiger partial charge in [-0.3, -0.25) is 0 Å². The second-order valence-electron chi connectivity index (χ2n) is 5.13. The molecule has 1 aromatic carbocycles. The first-order chi connectivity index (χ1) is 8.74. The number of allylic oxidation sites excluding steroid dienone is 2. The zero-order valence-corrected chi connectivity index (χ0v) is 10.2. The Hall–Kier alpha value is -1.35. The Balaban J connectivity index is 1.82. The SMILES string of the molecule is O[C@H]1CC(C2CC=CCC2)Oc2ccc(F)cc21. The van der Waals surface area contributed by atoms with E-state index < -0.39 is 6.10 Å². The summed E-state index contributed by atoms with van der Waals surface area (Å²) in [6.07, 6.45) is 7.57. The maximum absolute atomic E-state index is 13.1. The molecule has 0 fully saturated rings. The fraction of sp³-hybridized carbons (Fsp3) is 0.467. The van der Waals surface area contributed by atoms with Gasteiger partial charge in [-0.15, -0.1) is 0 Å².